The molecule has 0 radical (unpaired) electrons. The number of carbonyl (C=O) groups excluding carboxylic acids is 1. The highest BCUT2D eigenvalue weighted by atomic mass is 32.2. The van der Waals surface area contributed by atoms with Gasteiger partial charge in [-0.25, -0.2) is 21.1 Å². The number of nitrogens with zero attached hydrogens (tertiary/aromatic N) is 1. The summed E-state index contributed by atoms with van der Waals surface area (Å²) in [7, 11) is -6.63. The average Bonchev–Trinajstić information content (AvgIpc) is 2.93. The Labute approximate surface area is 170 Å². The molecule has 3 rings (SSSR count). The van der Waals surface area contributed by atoms with E-state index in [4.69, 9.17) is 4.74 Å². The summed E-state index contributed by atoms with van der Waals surface area (Å²) in [5.41, 5.74) is 1.19. The van der Waals surface area contributed by atoms with Crippen LogP contribution in [-0.2, 0) is 24.8 Å². The molecule has 156 valence electrons. The summed E-state index contributed by atoms with van der Waals surface area (Å²) in [5.74, 6) is -0.793. The molecule has 0 unspecified atom stereocenters. The quantitative estimate of drug-likeness (QED) is 0.743. The fourth-order valence-corrected chi connectivity index (χ4v) is 5.89. The van der Waals surface area contributed by atoms with E-state index in [-0.39, 0.29) is 34.4 Å². The minimum atomic E-state index is -4.13. The van der Waals surface area contributed by atoms with Crippen molar-refractivity contribution in [2.45, 2.75) is 31.1 Å². The maximum Gasteiger partial charge on any atom is 0.265 e. The highest BCUT2D eigenvalue weighted by Crippen LogP contribution is 2.34. The monoisotopic (exact) mass is 438 g/mol. The second kappa shape index (κ2) is 7.68. The van der Waals surface area contributed by atoms with Crippen molar-refractivity contribution in [3.63, 3.8) is 0 Å². The Morgan fingerprint density at radius 3 is 2.41 bits per heavy atom. The largest absolute Gasteiger partial charge is 0.495 e. The zero-order chi connectivity index (χ0) is 21.4. The Morgan fingerprint density at radius 2 is 1.83 bits per heavy atom. The molecule has 1 aliphatic heterocycles. The molecule has 0 aromatic heterocycles. The topological polar surface area (TPSA) is 110 Å². The second-order valence-corrected chi connectivity index (χ2v) is 10.5. The van der Waals surface area contributed by atoms with Gasteiger partial charge >= 0.3 is 0 Å². The number of anilines is 2. The molecule has 1 heterocycles. The average molecular weight is 439 g/mol. The van der Waals surface area contributed by atoms with Gasteiger partial charge in [-0.1, -0.05) is 32.0 Å². The van der Waals surface area contributed by atoms with E-state index in [0.717, 1.165) is 11.6 Å². The van der Waals surface area contributed by atoms with Crippen LogP contribution in [0, 0.1) is 0 Å². The van der Waals surface area contributed by atoms with Gasteiger partial charge in [0.15, 0.2) is 0 Å². The molecule has 0 atom stereocenters. The van der Waals surface area contributed by atoms with Crippen molar-refractivity contribution in [2.24, 2.45) is 0 Å². The summed E-state index contributed by atoms with van der Waals surface area (Å²) in [5, 5.41) is 0. The molecule has 1 fully saturated rings. The minimum Gasteiger partial charge on any atom is -0.495 e. The van der Waals surface area contributed by atoms with Crippen LogP contribution >= 0.6 is 0 Å². The van der Waals surface area contributed by atoms with Gasteiger partial charge < -0.3 is 4.74 Å². The molecule has 2 aromatic carbocycles. The van der Waals surface area contributed by atoms with E-state index >= 15 is 0 Å². The first-order chi connectivity index (χ1) is 13.6. The Hall–Kier alpha value is -2.59. The van der Waals surface area contributed by atoms with Crippen molar-refractivity contribution < 1.29 is 26.4 Å². The zero-order valence-electron chi connectivity index (χ0n) is 16.2. The van der Waals surface area contributed by atoms with Gasteiger partial charge in [-0.2, -0.15) is 0 Å². The van der Waals surface area contributed by atoms with Gasteiger partial charge in [0.25, 0.3) is 10.0 Å². The fourth-order valence-electron chi connectivity index (χ4n) is 3.16. The molecule has 2 aromatic rings. The first kappa shape index (κ1) is 21.1. The van der Waals surface area contributed by atoms with Crippen molar-refractivity contribution in [3.8, 4) is 5.75 Å². The number of ether oxygens (including phenoxy) is 1. The number of methoxy groups -OCH3 is 1. The number of rotatable bonds is 6. The van der Waals surface area contributed by atoms with Crippen LogP contribution in [0.15, 0.2) is 47.4 Å². The van der Waals surface area contributed by atoms with Crippen LogP contribution in [0.1, 0.15) is 31.7 Å². The maximum absolute atomic E-state index is 13.1. The first-order valence-corrected chi connectivity index (χ1v) is 12.0. The first-order valence-electron chi connectivity index (χ1n) is 8.92. The summed E-state index contributed by atoms with van der Waals surface area (Å²) < 4.78 is 59.0. The van der Waals surface area contributed by atoms with Gasteiger partial charge in [0.2, 0.25) is 15.9 Å². The number of nitrogens with one attached hydrogen (secondary N) is 1. The van der Waals surface area contributed by atoms with Crippen LogP contribution < -0.4 is 13.8 Å². The van der Waals surface area contributed by atoms with E-state index in [2.05, 4.69) is 4.72 Å². The molecular weight excluding hydrogens is 416 g/mol. The molecule has 10 heteroatoms. The van der Waals surface area contributed by atoms with Crippen LogP contribution in [0.5, 0.6) is 5.75 Å². The number of sulfonamides is 2. The molecule has 0 saturated carbocycles. The van der Waals surface area contributed by atoms with Crippen molar-refractivity contribution >= 4 is 37.3 Å². The Balaban J connectivity index is 2.09. The highest BCUT2D eigenvalue weighted by Gasteiger charge is 2.37. The van der Waals surface area contributed by atoms with Crippen LogP contribution in [0.3, 0.4) is 0 Å². The van der Waals surface area contributed by atoms with Crippen LogP contribution in [0.4, 0.5) is 11.4 Å². The summed E-state index contributed by atoms with van der Waals surface area (Å²) in [4.78, 5) is 11.8. The fraction of sp³-hybridized carbons (Fsp3) is 0.316. The standard InChI is InChI=1S/C19H22N2O6S2/c1-13(2)15-6-4-5-7-16(15)20-29(25,26)18-12-14(8-9-17(18)27-3)21-19(22)10-11-28(21,23)24/h4-9,12-13,20H,10-11H2,1-3H3. The van der Waals surface area contributed by atoms with Crippen LogP contribution in [0.25, 0.3) is 0 Å². The molecular formula is C19H22N2O6S2. The predicted molar refractivity (Wildman–Crippen MR) is 110 cm³/mol. The van der Waals surface area contributed by atoms with E-state index in [0.29, 0.717) is 9.99 Å². The van der Waals surface area contributed by atoms with E-state index in [9.17, 15) is 21.6 Å². The molecule has 1 aliphatic rings. The van der Waals surface area contributed by atoms with E-state index in [1.54, 1.807) is 12.1 Å². The van der Waals surface area contributed by atoms with Gasteiger partial charge in [-0.05, 0) is 35.7 Å². The number of para-hydroxylation sites is 1. The smallest absolute Gasteiger partial charge is 0.265 e. The highest BCUT2D eigenvalue weighted by molar-refractivity contribution is 7.94. The normalized spacial score (nSPS) is 16.3. The van der Waals surface area contributed by atoms with Crippen molar-refractivity contribution in [1.29, 1.82) is 0 Å². The van der Waals surface area contributed by atoms with Gasteiger partial charge in [0.1, 0.15) is 10.6 Å². The van der Waals surface area contributed by atoms with E-state index < -0.39 is 26.0 Å². The number of benzene rings is 2. The number of amides is 1. The van der Waals surface area contributed by atoms with Crippen molar-refractivity contribution in [2.75, 3.05) is 21.9 Å². The number of carbonyl (C=O) groups is 1. The third kappa shape index (κ3) is 4.08. The molecule has 1 amide bonds. The molecule has 1 saturated heterocycles. The lowest BCUT2D eigenvalue weighted by Gasteiger charge is -2.19. The Kier molecular flexibility index (Phi) is 5.59. The minimum absolute atomic E-state index is 0.0346. The van der Waals surface area contributed by atoms with Gasteiger partial charge in [-0.15, -0.1) is 0 Å². The Bertz CT molecular complexity index is 1160. The number of hydrogen-bond acceptors (Lipinski definition) is 6. The summed E-state index contributed by atoms with van der Waals surface area (Å²) >= 11 is 0. The molecule has 0 aliphatic carbocycles. The third-order valence-corrected chi connectivity index (χ3v) is 7.65. The molecule has 0 bridgehead atoms. The third-order valence-electron chi connectivity index (χ3n) is 4.58. The van der Waals surface area contributed by atoms with Crippen LogP contribution in [0.2, 0.25) is 0 Å². The summed E-state index contributed by atoms with van der Waals surface area (Å²) in [6, 6.07) is 10.8. The second-order valence-electron chi connectivity index (χ2n) is 6.91. The zero-order valence-corrected chi connectivity index (χ0v) is 17.9. The number of hydrogen-bond donors (Lipinski definition) is 1. The van der Waals surface area contributed by atoms with Gasteiger partial charge in [-0.3, -0.25) is 9.52 Å². The van der Waals surface area contributed by atoms with Gasteiger partial charge in [0, 0.05) is 6.42 Å². The lowest BCUT2D eigenvalue weighted by atomic mass is 10.0. The lowest BCUT2D eigenvalue weighted by Crippen LogP contribution is -2.29. The van der Waals surface area contributed by atoms with E-state index in [1.807, 2.05) is 26.0 Å². The molecule has 1 N–H and O–H groups in total. The maximum atomic E-state index is 13.1. The van der Waals surface area contributed by atoms with Crippen molar-refractivity contribution in [3.05, 3.63) is 48.0 Å². The predicted octanol–water partition coefficient (Wildman–Crippen LogP) is 2.69. The van der Waals surface area contributed by atoms with Gasteiger partial charge in [0.05, 0.1) is 24.2 Å². The summed E-state index contributed by atoms with van der Waals surface area (Å²) in [6.45, 7) is 3.89. The SMILES string of the molecule is COc1ccc(N2C(=O)CCS2(=O)=O)cc1S(=O)(=O)Nc1ccccc1C(C)C. The molecule has 0 spiro atoms. The van der Waals surface area contributed by atoms with E-state index in [1.165, 1.54) is 19.2 Å². The molecule has 29 heavy (non-hydrogen) atoms. The van der Waals surface area contributed by atoms with Crippen LogP contribution in [-0.4, -0.2) is 35.6 Å². The molecule has 8 nitrogen and oxygen atoms in total. The summed E-state index contributed by atoms with van der Waals surface area (Å²) in [6.07, 6.45) is -0.142. The lowest BCUT2D eigenvalue weighted by molar-refractivity contribution is -0.116. The van der Waals surface area contributed by atoms with Crippen molar-refractivity contribution in [1.82, 2.24) is 0 Å². The Morgan fingerprint density at radius 1 is 1.14 bits per heavy atom.